The van der Waals surface area contributed by atoms with Crippen LogP contribution in [0.2, 0.25) is 0 Å². The Kier molecular flexibility index (Phi) is 2.94. The summed E-state index contributed by atoms with van der Waals surface area (Å²) in [5.74, 6) is -1.13. The Morgan fingerprint density at radius 2 is 2.00 bits per heavy atom. The summed E-state index contributed by atoms with van der Waals surface area (Å²) in [6, 6.07) is 0. The molecule has 0 atom stereocenters. The van der Waals surface area contributed by atoms with Crippen molar-refractivity contribution in [2.24, 2.45) is 0 Å². The van der Waals surface area contributed by atoms with Crippen LogP contribution in [0.3, 0.4) is 0 Å². The normalized spacial score (nSPS) is 10.3. The van der Waals surface area contributed by atoms with Gasteiger partial charge in [0.15, 0.2) is 0 Å². The van der Waals surface area contributed by atoms with Gasteiger partial charge in [-0.3, -0.25) is 4.79 Å². The van der Waals surface area contributed by atoms with Crippen molar-refractivity contribution in [3.63, 3.8) is 0 Å². The van der Waals surface area contributed by atoms with Crippen LogP contribution < -0.4 is 0 Å². The molecule has 5 nitrogen and oxygen atoms in total. The molecule has 0 radical (unpaired) electrons. The first-order valence-electron chi connectivity index (χ1n) is 2.48. The Balaban J connectivity index is 4.41. The van der Waals surface area contributed by atoms with Crippen molar-refractivity contribution in [2.45, 2.75) is 6.92 Å². The van der Waals surface area contributed by atoms with Crippen molar-refractivity contribution in [3.8, 4) is 0 Å². The molecule has 0 spiro atoms. The first-order valence-corrected chi connectivity index (χ1v) is 3.95. The molecule has 0 aromatic carbocycles. The van der Waals surface area contributed by atoms with Crippen molar-refractivity contribution >= 4 is 21.7 Å². The molecule has 0 aliphatic carbocycles. The van der Waals surface area contributed by atoms with Crippen LogP contribution in [0.1, 0.15) is 6.92 Å². The summed E-state index contributed by atoms with van der Waals surface area (Å²) in [6.45, 7) is 4.39. The van der Waals surface area contributed by atoms with E-state index in [4.69, 9.17) is 0 Å². The van der Waals surface area contributed by atoms with E-state index in [2.05, 4.69) is 10.8 Å². The van der Waals surface area contributed by atoms with Crippen molar-refractivity contribution in [2.75, 3.05) is 0 Å². The third kappa shape index (κ3) is 3.51. The van der Waals surface area contributed by atoms with Gasteiger partial charge in [0.05, 0.1) is 0 Å². The maximum atomic E-state index is 10.5. The molecular formula is C5H6O5S. The molecule has 0 bridgehead atoms. The standard InChI is InChI=1S/C5H6O5S/c1-4(2)5(7)10-11(8,9)3-6/h3H,1H2,2H3. The zero-order valence-electron chi connectivity index (χ0n) is 5.73. The van der Waals surface area contributed by atoms with Gasteiger partial charge in [-0.05, 0) is 6.92 Å². The van der Waals surface area contributed by atoms with E-state index < -0.39 is 21.7 Å². The fourth-order valence-corrected chi connectivity index (χ4v) is 0.589. The maximum Gasteiger partial charge on any atom is 0.373 e. The quantitative estimate of drug-likeness (QED) is 0.334. The van der Waals surface area contributed by atoms with Crippen molar-refractivity contribution < 1.29 is 22.2 Å². The van der Waals surface area contributed by atoms with Gasteiger partial charge in [-0.2, -0.15) is 8.42 Å². The molecule has 0 aliphatic rings. The Labute approximate surface area is 63.8 Å². The Morgan fingerprint density at radius 1 is 1.55 bits per heavy atom. The molecular weight excluding hydrogens is 172 g/mol. The Bertz CT molecular complexity index is 286. The van der Waals surface area contributed by atoms with Gasteiger partial charge in [0.25, 0.3) is 5.62 Å². The van der Waals surface area contributed by atoms with Gasteiger partial charge in [0, 0.05) is 5.57 Å². The zero-order chi connectivity index (χ0) is 9.07. The smallest absolute Gasteiger partial charge is 0.336 e. The summed E-state index contributed by atoms with van der Waals surface area (Å²) < 4.78 is 24.2. The second-order valence-corrected chi connectivity index (χ2v) is 3.08. The molecule has 0 N–H and O–H groups in total. The fourth-order valence-electron chi connectivity index (χ4n) is 0.196. The van der Waals surface area contributed by atoms with Crippen LogP contribution in [0.5, 0.6) is 0 Å². The lowest BCUT2D eigenvalue weighted by atomic mass is 10.4. The lowest BCUT2D eigenvalue weighted by Gasteiger charge is -1.96. The number of hydrogen-bond donors (Lipinski definition) is 0. The second-order valence-electron chi connectivity index (χ2n) is 1.74. The highest BCUT2D eigenvalue weighted by atomic mass is 32.2. The predicted molar refractivity (Wildman–Crippen MR) is 36.6 cm³/mol. The first-order chi connectivity index (χ1) is 4.89. The van der Waals surface area contributed by atoms with Crippen LogP contribution in [0.25, 0.3) is 0 Å². The topological polar surface area (TPSA) is 77.5 Å². The lowest BCUT2D eigenvalue weighted by molar-refractivity contribution is -0.129. The summed E-state index contributed by atoms with van der Waals surface area (Å²) in [5, 5.41) is 0. The molecule has 0 saturated carbocycles. The summed E-state index contributed by atoms with van der Waals surface area (Å²) in [4.78, 5) is 20.1. The molecule has 11 heavy (non-hydrogen) atoms. The summed E-state index contributed by atoms with van der Waals surface area (Å²) in [7, 11) is -4.35. The highest BCUT2D eigenvalue weighted by Crippen LogP contribution is 1.96. The molecule has 0 rings (SSSR count). The predicted octanol–water partition coefficient (Wildman–Crippen LogP) is -0.374. The fraction of sp³-hybridized carbons (Fsp3) is 0.200. The number of hydrogen-bond acceptors (Lipinski definition) is 5. The Morgan fingerprint density at radius 3 is 2.27 bits per heavy atom. The average Bonchev–Trinajstić information content (AvgIpc) is 1.87. The molecule has 0 aliphatic heterocycles. The van der Waals surface area contributed by atoms with E-state index in [0.717, 1.165) is 0 Å². The number of carbonyl (C=O) groups excluding carboxylic acids is 2. The average molecular weight is 178 g/mol. The van der Waals surface area contributed by atoms with Crippen LogP contribution in [-0.2, 0) is 23.9 Å². The van der Waals surface area contributed by atoms with Crippen molar-refractivity contribution in [1.29, 1.82) is 0 Å². The van der Waals surface area contributed by atoms with Crippen LogP contribution in [-0.4, -0.2) is 20.0 Å². The molecule has 0 aromatic heterocycles. The zero-order valence-corrected chi connectivity index (χ0v) is 6.55. The van der Waals surface area contributed by atoms with E-state index in [1.807, 2.05) is 0 Å². The monoisotopic (exact) mass is 178 g/mol. The van der Waals surface area contributed by atoms with Gasteiger partial charge >= 0.3 is 16.1 Å². The van der Waals surface area contributed by atoms with E-state index >= 15 is 0 Å². The van der Waals surface area contributed by atoms with Gasteiger partial charge in [0.2, 0.25) is 0 Å². The third-order valence-corrected chi connectivity index (χ3v) is 1.28. The van der Waals surface area contributed by atoms with Gasteiger partial charge in [-0.1, -0.05) is 6.58 Å². The van der Waals surface area contributed by atoms with Crippen LogP contribution >= 0.6 is 0 Å². The van der Waals surface area contributed by atoms with Crippen LogP contribution in [0.4, 0.5) is 0 Å². The van der Waals surface area contributed by atoms with E-state index in [9.17, 15) is 18.0 Å². The largest absolute Gasteiger partial charge is 0.373 e. The van der Waals surface area contributed by atoms with Crippen molar-refractivity contribution in [1.82, 2.24) is 0 Å². The molecule has 6 heteroatoms. The van der Waals surface area contributed by atoms with Gasteiger partial charge in [-0.15, -0.1) is 0 Å². The summed E-state index contributed by atoms with van der Waals surface area (Å²) >= 11 is 0. The van der Waals surface area contributed by atoms with E-state index in [0.29, 0.717) is 0 Å². The maximum absolute atomic E-state index is 10.5. The van der Waals surface area contributed by atoms with Crippen molar-refractivity contribution in [3.05, 3.63) is 12.2 Å². The SMILES string of the molecule is C=C(C)C(=O)OS(=O)(=O)C=O. The highest BCUT2D eigenvalue weighted by molar-refractivity contribution is 8.00. The molecule has 0 amide bonds. The van der Waals surface area contributed by atoms with E-state index in [1.54, 1.807) is 0 Å². The minimum absolute atomic E-state index is 0.0876. The molecule has 62 valence electrons. The van der Waals surface area contributed by atoms with E-state index in [-0.39, 0.29) is 5.57 Å². The minimum atomic E-state index is -4.35. The van der Waals surface area contributed by atoms with Crippen LogP contribution in [0.15, 0.2) is 12.2 Å². The molecule has 0 unspecified atom stereocenters. The second kappa shape index (κ2) is 3.29. The van der Waals surface area contributed by atoms with E-state index in [1.165, 1.54) is 6.92 Å². The molecule has 0 fully saturated rings. The number of rotatable bonds is 3. The number of carbonyl (C=O) groups is 2. The summed E-state index contributed by atoms with van der Waals surface area (Å²) in [5.41, 5.74) is -0.538. The molecule has 0 saturated heterocycles. The van der Waals surface area contributed by atoms with Crippen LogP contribution in [0, 0.1) is 0 Å². The first kappa shape index (κ1) is 9.83. The van der Waals surface area contributed by atoms with Gasteiger partial charge in [0.1, 0.15) is 0 Å². The Hall–Kier alpha value is -1.17. The van der Waals surface area contributed by atoms with Gasteiger partial charge in [-0.25, -0.2) is 4.79 Å². The molecule has 0 heterocycles. The third-order valence-electron chi connectivity index (χ3n) is 0.658. The lowest BCUT2D eigenvalue weighted by Crippen LogP contribution is -2.13. The molecule has 0 aromatic rings. The summed E-state index contributed by atoms with van der Waals surface area (Å²) in [6.07, 6.45) is 0. The van der Waals surface area contributed by atoms with Gasteiger partial charge < -0.3 is 4.18 Å². The highest BCUT2D eigenvalue weighted by Gasteiger charge is 2.15. The minimum Gasteiger partial charge on any atom is -0.336 e.